The van der Waals surface area contributed by atoms with Gasteiger partial charge >= 0.3 is 0 Å². The van der Waals surface area contributed by atoms with Gasteiger partial charge < -0.3 is 0 Å². The molecule has 1 aliphatic rings. The van der Waals surface area contributed by atoms with Crippen molar-refractivity contribution in [3.63, 3.8) is 0 Å². The van der Waals surface area contributed by atoms with E-state index in [1.54, 1.807) is 4.31 Å². The normalized spacial score (nSPS) is 21.1. The van der Waals surface area contributed by atoms with E-state index < -0.39 is 10.0 Å². The van der Waals surface area contributed by atoms with Crippen molar-refractivity contribution in [1.82, 2.24) is 4.31 Å². The number of alkyl halides is 1. The highest BCUT2D eigenvalue weighted by Gasteiger charge is 2.22. The molecule has 0 saturated carbocycles. The zero-order chi connectivity index (χ0) is 9.03. The van der Waals surface area contributed by atoms with Crippen LogP contribution in [0.15, 0.2) is 0 Å². The summed E-state index contributed by atoms with van der Waals surface area (Å²) < 4.78 is 24.4. The summed E-state index contributed by atoms with van der Waals surface area (Å²) in [6.45, 7) is 1.36. The fraction of sp³-hybridized carbons (Fsp3) is 1.00. The number of sulfonamides is 1. The highest BCUT2D eigenvalue weighted by molar-refractivity contribution is 7.89. The molecule has 0 aromatic heterocycles. The summed E-state index contributed by atoms with van der Waals surface area (Å²) in [4.78, 5) is 0. The Labute approximate surface area is 78.7 Å². The van der Waals surface area contributed by atoms with Crippen molar-refractivity contribution >= 4 is 21.6 Å². The summed E-state index contributed by atoms with van der Waals surface area (Å²) in [5.74, 6) is 0.271. The molecule has 0 amide bonds. The number of nitrogens with zero attached hydrogens (tertiary/aromatic N) is 1. The number of rotatable bonds is 3. The smallest absolute Gasteiger partial charge is 0.212 e. The summed E-state index contributed by atoms with van der Waals surface area (Å²) in [6, 6.07) is 0. The average Bonchev–Trinajstić information content (AvgIpc) is 2.06. The van der Waals surface area contributed by atoms with E-state index in [1.807, 2.05) is 0 Å². The number of hydrogen-bond acceptors (Lipinski definition) is 2. The van der Waals surface area contributed by atoms with Gasteiger partial charge in [0.25, 0.3) is 0 Å². The molecule has 1 aliphatic heterocycles. The van der Waals surface area contributed by atoms with Gasteiger partial charge in [-0.2, -0.15) is 0 Å². The number of halogens is 1. The molecule has 0 radical (unpaired) electrons. The Morgan fingerprint density at radius 3 is 2.25 bits per heavy atom. The Balaban J connectivity index is 2.54. The van der Waals surface area contributed by atoms with Crippen molar-refractivity contribution < 1.29 is 8.42 Å². The Kier molecular flexibility index (Phi) is 3.80. The summed E-state index contributed by atoms with van der Waals surface area (Å²) in [7, 11) is -3.03. The van der Waals surface area contributed by atoms with Gasteiger partial charge in [-0.25, -0.2) is 12.7 Å². The monoisotopic (exact) mass is 211 g/mol. The van der Waals surface area contributed by atoms with Crippen LogP contribution in [0.2, 0.25) is 0 Å². The van der Waals surface area contributed by atoms with Gasteiger partial charge in [0, 0.05) is 19.0 Å². The van der Waals surface area contributed by atoms with Gasteiger partial charge in [-0.3, -0.25) is 0 Å². The number of piperidine rings is 1. The third-order valence-corrected chi connectivity index (χ3v) is 4.33. The molecule has 72 valence electrons. The van der Waals surface area contributed by atoms with E-state index in [0.29, 0.717) is 13.1 Å². The first-order valence-electron chi connectivity index (χ1n) is 4.20. The second-order valence-electron chi connectivity index (χ2n) is 2.96. The lowest BCUT2D eigenvalue weighted by Crippen LogP contribution is -2.37. The largest absolute Gasteiger partial charge is 0.215 e. The molecule has 5 heteroatoms. The molecule has 3 nitrogen and oxygen atoms in total. The van der Waals surface area contributed by atoms with E-state index in [4.69, 9.17) is 11.6 Å². The van der Waals surface area contributed by atoms with Gasteiger partial charge in [0.1, 0.15) is 0 Å². The Morgan fingerprint density at radius 2 is 1.75 bits per heavy atom. The van der Waals surface area contributed by atoms with Crippen LogP contribution < -0.4 is 0 Å². The molecular weight excluding hydrogens is 198 g/mol. The first kappa shape index (κ1) is 10.3. The van der Waals surface area contributed by atoms with Crippen molar-refractivity contribution in [1.29, 1.82) is 0 Å². The Hall–Kier alpha value is 0.200. The van der Waals surface area contributed by atoms with E-state index >= 15 is 0 Å². The van der Waals surface area contributed by atoms with Crippen molar-refractivity contribution in [3.8, 4) is 0 Å². The standard InChI is InChI=1S/C7H14ClNO2S/c8-4-7-12(10,11)9-5-2-1-3-6-9/h1-7H2. The molecule has 0 aliphatic carbocycles. The molecule has 0 N–H and O–H groups in total. The van der Waals surface area contributed by atoms with Crippen LogP contribution in [0.5, 0.6) is 0 Å². The maximum Gasteiger partial charge on any atom is 0.215 e. The van der Waals surface area contributed by atoms with Crippen LogP contribution in [0.1, 0.15) is 19.3 Å². The quantitative estimate of drug-likeness (QED) is 0.655. The van der Waals surface area contributed by atoms with Crippen molar-refractivity contribution in [3.05, 3.63) is 0 Å². The maximum absolute atomic E-state index is 11.4. The predicted molar refractivity (Wildman–Crippen MR) is 49.9 cm³/mol. The van der Waals surface area contributed by atoms with E-state index in [9.17, 15) is 8.42 Å². The zero-order valence-electron chi connectivity index (χ0n) is 7.00. The van der Waals surface area contributed by atoms with E-state index in [2.05, 4.69) is 0 Å². The van der Waals surface area contributed by atoms with Gasteiger partial charge in [-0.1, -0.05) is 6.42 Å². The molecule has 0 atom stereocenters. The molecule has 0 aromatic rings. The second kappa shape index (κ2) is 4.44. The van der Waals surface area contributed by atoms with E-state index in [-0.39, 0.29) is 11.6 Å². The van der Waals surface area contributed by atoms with Gasteiger partial charge in [-0.15, -0.1) is 11.6 Å². The maximum atomic E-state index is 11.4. The van der Waals surface area contributed by atoms with Crippen LogP contribution in [-0.4, -0.2) is 37.4 Å². The van der Waals surface area contributed by atoms with E-state index in [0.717, 1.165) is 19.3 Å². The average molecular weight is 212 g/mol. The molecule has 0 unspecified atom stereocenters. The first-order valence-corrected chi connectivity index (χ1v) is 6.35. The van der Waals surface area contributed by atoms with Gasteiger partial charge in [0.15, 0.2) is 0 Å². The third-order valence-electron chi connectivity index (χ3n) is 2.04. The molecule has 1 rings (SSSR count). The lowest BCUT2D eigenvalue weighted by molar-refractivity contribution is 0.347. The summed E-state index contributed by atoms with van der Waals surface area (Å²) in [5, 5.41) is 0. The lowest BCUT2D eigenvalue weighted by atomic mass is 10.2. The van der Waals surface area contributed by atoms with E-state index in [1.165, 1.54) is 0 Å². The minimum Gasteiger partial charge on any atom is -0.212 e. The molecule has 12 heavy (non-hydrogen) atoms. The second-order valence-corrected chi connectivity index (χ2v) is 5.43. The molecule has 1 saturated heterocycles. The minimum atomic E-state index is -3.03. The van der Waals surface area contributed by atoms with Crippen molar-refractivity contribution in [2.75, 3.05) is 24.7 Å². The van der Waals surface area contributed by atoms with Crippen LogP contribution in [-0.2, 0) is 10.0 Å². The fourth-order valence-electron chi connectivity index (χ4n) is 1.37. The van der Waals surface area contributed by atoms with Crippen molar-refractivity contribution in [2.24, 2.45) is 0 Å². The third kappa shape index (κ3) is 2.61. The fourth-order valence-corrected chi connectivity index (χ4v) is 3.22. The molecule has 1 heterocycles. The topological polar surface area (TPSA) is 37.4 Å². The van der Waals surface area contributed by atoms with Gasteiger partial charge in [-0.05, 0) is 12.8 Å². The minimum absolute atomic E-state index is 0.0779. The Bertz CT molecular complexity index is 222. The molecule has 0 bridgehead atoms. The highest BCUT2D eigenvalue weighted by atomic mass is 35.5. The highest BCUT2D eigenvalue weighted by Crippen LogP contribution is 2.13. The van der Waals surface area contributed by atoms with Crippen LogP contribution >= 0.6 is 11.6 Å². The molecule has 0 spiro atoms. The zero-order valence-corrected chi connectivity index (χ0v) is 8.57. The first-order chi connectivity index (χ1) is 5.67. The van der Waals surface area contributed by atoms with Crippen molar-refractivity contribution in [2.45, 2.75) is 19.3 Å². The Morgan fingerprint density at radius 1 is 1.17 bits per heavy atom. The lowest BCUT2D eigenvalue weighted by Gasteiger charge is -2.25. The molecule has 1 fully saturated rings. The summed E-state index contributed by atoms with van der Waals surface area (Å²) in [5.41, 5.74) is 0. The summed E-state index contributed by atoms with van der Waals surface area (Å²) >= 11 is 5.40. The SMILES string of the molecule is O=S(=O)(CCCl)N1CCCCC1. The summed E-state index contributed by atoms with van der Waals surface area (Å²) in [6.07, 6.45) is 3.12. The van der Waals surface area contributed by atoms with Gasteiger partial charge in [0.2, 0.25) is 10.0 Å². The van der Waals surface area contributed by atoms with Crippen LogP contribution in [0.4, 0.5) is 0 Å². The number of hydrogen-bond donors (Lipinski definition) is 0. The van der Waals surface area contributed by atoms with Crippen LogP contribution in [0.25, 0.3) is 0 Å². The molecule has 0 aromatic carbocycles. The predicted octanol–water partition coefficient (Wildman–Crippen LogP) is 1.04. The van der Waals surface area contributed by atoms with Crippen LogP contribution in [0, 0.1) is 0 Å². The van der Waals surface area contributed by atoms with Crippen LogP contribution in [0.3, 0.4) is 0 Å². The van der Waals surface area contributed by atoms with Gasteiger partial charge in [0.05, 0.1) is 5.75 Å². The molecular formula is C7H14ClNO2S.